The van der Waals surface area contributed by atoms with E-state index in [2.05, 4.69) is 6.07 Å². The average Bonchev–Trinajstić information content (AvgIpc) is 2.56. The molecule has 0 aromatic carbocycles. The molecule has 0 bridgehead atoms. The molecule has 3 heteroatoms. The molecule has 2 unspecified atom stereocenters. The molecule has 10 heavy (non-hydrogen) atoms. The van der Waals surface area contributed by atoms with E-state index in [1.54, 1.807) is 11.3 Å². The van der Waals surface area contributed by atoms with Crippen LogP contribution < -0.4 is 0 Å². The Bertz CT molecular complexity index is 262. The maximum Gasteiger partial charge on any atom is 0.175 e. The van der Waals surface area contributed by atoms with E-state index in [1.165, 1.54) is 0 Å². The van der Waals surface area contributed by atoms with Gasteiger partial charge in [0.15, 0.2) is 6.10 Å². The zero-order valence-electron chi connectivity index (χ0n) is 5.15. The highest BCUT2D eigenvalue weighted by Gasteiger charge is 2.40. The fourth-order valence-corrected chi connectivity index (χ4v) is 1.66. The molecule has 0 spiro atoms. The largest absolute Gasteiger partial charge is 0.347 e. The zero-order chi connectivity index (χ0) is 6.97. The third-order valence-electron chi connectivity index (χ3n) is 1.44. The molecule has 1 aliphatic rings. The van der Waals surface area contributed by atoms with Crippen molar-refractivity contribution in [2.24, 2.45) is 0 Å². The number of nitriles is 1. The lowest BCUT2D eigenvalue weighted by atomic mass is 10.3. The van der Waals surface area contributed by atoms with E-state index >= 15 is 0 Å². The second kappa shape index (κ2) is 2.08. The van der Waals surface area contributed by atoms with Gasteiger partial charge in [-0.05, 0) is 11.4 Å². The summed E-state index contributed by atoms with van der Waals surface area (Å²) in [5.74, 6) is 0. The van der Waals surface area contributed by atoms with Crippen molar-refractivity contribution in [1.29, 1.82) is 5.26 Å². The Labute approximate surface area is 62.7 Å². The summed E-state index contributed by atoms with van der Waals surface area (Å²) in [6.07, 6.45) is -0.108. The number of epoxide rings is 1. The van der Waals surface area contributed by atoms with Gasteiger partial charge in [-0.25, -0.2) is 0 Å². The highest BCUT2D eigenvalue weighted by atomic mass is 32.1. The standard InChI is InChI=1S/C7H5NOS/c8-4-5-7(9-5)6-2-1-3-10-6/h1-3,5,7H. The summed E-state index contributed by atoms with van der Waals surface area (Å²) in [5, 5.41) is 10.4. The topological polar surface area (TPSA) is 36.3 Å². The molecule has 1 aromatic heterocycles. The van der Waals surface area contributed by atoms with Crippen molar-refractivity contribution in [2.45, 2.75) is 12.2 Å². The molecule has 1 saturated heterocycles. The van der Waals surface area contributed by atoms with Crippen molar-refractivity contribution in [3.63, 3.8) is 0 Å². The van der Waals surface area contributed by atoms with Gasteiger partial charge in [-0.2, -0.15) is 5.26 Å². The van der Waals surface area contributed by atoms with Crippen molar-refractivity contribution < 1.29 is 4.74 Å². The molecule has 0 N–H and O–H groups in total. The molecular formula is C7H5NOS. The van der Waals surface area contributed by atoms with Crippen molar-refractivity contribution in [1.82, 2.24) is 0 Å². The first-order valence-electron chi connectivity index (χ1n) is 3.00. The van der Waals surface area contributed by atoms with Crippen molar-refractivity contribution in [3.05, 3.63) is 22.4 Å². The van der Waals surface area contributed by atoms with Gasteiger partial charge in [-0.15, -0.1) is 11.3 Å². The Balaban J connectivity index is 2.13. The first kappa shape index (κ1) is 5.90. The van der Waals surface area contributed by atoms with Gasteiger partial charge in [0.1, 0.15) is 6.10 Å². The first-order valence-corrected chi connectivity index (χ1v) is 3.88. The van der Waals surface area contributed by atoms with Gasteiger partial charge >= 0.3 is 0 Å². The maximum atomic E-state index is 8.40. The molecule has 2 heterocycles. The minimum atomic E-state index is -0.182. The molecule has 2 nitrogen and oxygen atoms in total. The van der Waals surface area contributed by atoms with E-state index in [-0.39, 0.29) is 12.2 Å². The third-order valence-corrected chi connectivity index (χ3v) is 2.38. The van der Waals surface area contributed by atoms with E-state index < -0.39 is 0 Å². The minimum Gasteiger partial charge on any atom is -0.347 e. The lowest BCUT2D eigenvalue weighted by Crippen LogP contribution is -1.78. The van der Waals surface area contributed by atoms with Gasteiger partial charge in [-0.3, -0.25) is 0 Å². The molecule has 2 rings (SSSR count). The van der Waals surface area contributed by atoms with E-state index in [1.807, 2.05) is 17.5 Å². The molecular weight excluding hydrogens is 146 g/mol. The van der Waals surface area contributed by atoms with Gasteiger partial charge in [0.05, 0.1) is 6.07 Å². The lowest BCUT2D eigenvalue weighted by Gasteiger charge is -1.80. The van der Waals surface area contributed by atoms with Crippen LogP contribution in [0.3, 0.4) is 0 Å². The van der Waals surface area contributed by atoms with Crippen LogP contribution in [0.4, 0.5) is 0 Å². The Morgan fingerprint density at radius 3 is 3.10 bits per heavy atom. The molecule has 1 fully saturated rings. The SMILES string of the molecule is N#CC1OC1c1cccs1. The van der Waals surface area contributed by atoms with Gasteiger partial charge in [0.2, 0.25) is 0 Å². The second-order valence-corrected chi connectivity index (χ2v) is 3.10. The van der Waals surface area contributed by atoms with Crippen LogP contribution in [-0.4, -0.2) is 6.10 Å². The van der Waals surface area contributed by atoms with Crippen LogP contribution >= 0.6 is 11.3 Å². The number of hydrogen-bond acceptors (Lipinski definition) is 3. The Morgan fingerprint density at radius 2 is 2.60 bits per heavy atom. The number of rotatable bonds is 1. The van der Waals surface area contributed by atoms with Crippen LogP contribution in [0.5, 0.6) is 0 Å². The van der Waals surface area contributed by atoms with Crippen molar-refractivity contribution in [2.75, 3.05) is 0 Å². The summed E-state index contributed by atoms with van der Waals surface area (Å²) in [5.41, 5.74) is 0. The molecule has 1 aliphatic heterocycles. The molecule has 0 amide bonds. The normalized spacial score (nSPS) is 29.5. The molecule has 0 radical (unpaired) electrons. The van der Waals surface area contributed by atoms with E-state index in [0.29, 0.717) is 0 Å². The third kappa shape index (κ3) is 0.821. The summed E-state index contributed by atoms with van der Waals surface area (Å²) in [6, 6.07) is 6.02. The zero-order valence-corrected chi connectivity index (χ0v) is 5.97. The molecule has 50 valence electrons. The number of hydrogen-bond donors (Lipinski definition) is 0. The average molecular weight is 151 g/mol. The van der Waals surface area contributed by atoms with E-state index in [0.717, 1.165) is 4.88 Å². The highest BCUT2D eigenvalue weighted by molar-refractivity contribution is 7.10. The van der Waals surface area contributed by atoms with Crippen molar-refractivity contribution in [3.8, 4) is 6.07 Å². The van der Waals surface area contributed by atoms with Crippen LogP contribution in [0.15, 0.2) is 17.5 Å². The van der Waals surface area contributed by atoms with E-state index in [9.17, 15) is 0 Å². The summed E-state index contributed by atoms with van der Waals surface area (Å²) in [7, 11) is 0. The number of ether oxygens (including phenoxy) is 1. The van der Waals surface area contributed by atoms with Gasteiger partial charge in [0, 0.05) is 4.88 Å². The first-order chi connectivity index (χ1) is 4.92. The van der Waals surface area contributed by atoms with Crippen LogP contribution in [0.1, 0.15) is 11.0 Å². The molecule has 0 saturated carbocycles. The smallest absolute Gasteiger partial charge is 0.175 e. The van der Waals surface area contributed by atoms with Crippen LogP contribution in [0, 0.1) is 11.3 Å². The lowest BCUT2D eigenvalue weighted by molar-refractivity contribution is 0.398. The van der Waals surface area contributed by atoms with Crippen LogP contribution in [0.25, 0.3) is 0 Å². The Morgan fingerprint density at radius 1 is 1.70 bits per heavy atom. The summed E-state index contributed by atoms with van der Waals surface area (Å²) in [4.78, 5) is 1.16. The Kier molecular flexibility index (Phi) is 1.23. The molecule has 0 aliphatic carbocycles. The summed E-state index contributed by atoms with van der Waals surface area (Å²) < 4.78 is 5.06. The van der Waals surface area contributed by atoms with Crippen molar-refractivity contribution >= 4 is 11.3 Å². The van der Waals surface area contributed by atoms with Gasteiger partial charge in [0.25, 0.3) is 0 Å². The maximum absolute atomic E-state index is 8.40. The monoisotopic (exact) mass is 151 g/mol. The predicted molar refractivity (Wildman–Crippen MR) is 37.5 cm³/mol. The molecule has 1 aromatic rings. The summed E-state index contributed by atoms with van der Waals surface area (Å²) >= 11 is 1.64. The van der Waals surface area contributed by atoms with Crippen LogP contribution in [-0.2, 0) is 4.74 Å². The van der Waals surface area contributed by atoms with Crippen LogP contribution in [0.2, 0.25) is 0 Å². The predicted octanol–water partition coefficient (Wildman–Crippen LogP) is 1.71. The quantitative estimate of drug-likeness (QED) is 0.573. The van der Waals surface area contributed by atoms with E-state index in [4.69, 9.17) is 10.00 Å². The minimum absolute atomic E-state index is 0.0741. The fraction of sp³-hybridized carbons (Fsp3) is 0.286. The second-order valence-electron chi connectivity index (χ2n) is 2.12. The fourth-order valence-electron chi connectivity index (χ4n) is 0.880. The number of thiophene rings is 1. The highest BCUT2D eigenvalue weighted by Crippen LogP contribution is 2.40. The molecule has 2 atom stereocenters. The van der Waals surface area contributed by atoms with Gasteiger partial charge < -0.3 is 4.74 Å². The Hall–Kier alpha value is -0.850. The number of nitrogens with zero attached hydrogens (tertiary/aromatic N) is 1. The van der Waals surface area contributed by atoms with Gasteiger partial charge in [-0.1, -0.05) is 6.07 Å². The summed E-state index contributed by atoms with van der Waals surface area (Å²) in [6.45, 7) is 0.